The lowest BCUT2D eigenvalue weighted by Gasteiger charge is -2.41. The smallest absolute Gasteiger partial charge is 0.245 e. The first-order valence-corrected chi connectivity index (χ1v) is 21.7. The molecule has 0 radical (unpaired) electrons. The highest BCUT2D eigenvalue weighted by molar-refractivity contribution is 7.09. The van der Waals surface area contributed by atoms with Crippen molar-refractivity contribution in [2.45, 2.75) is 144 Å². The Morgan fingerprint density at radius 2 is 1.61 bits per heavy atom. The molecular formula is C44H72N6O5S. The molecule has 1 aliphatic rings. The summed E-state index contributed by atoms with van der Waals surface area (Å²) in [5.74, 6) is -0.988. The third-order valence-corrected chi connectivity index (χ3v) is 13.1. The SMILES string of the molecule is CC[C@H](C)[C@@H]([C@@H](CC(=O)N1CCC[C@H]1C(C)[C@@H](C)C(=O)N[C@@H](Cc1ccccc1)c1nccs1)OC)N(C)C(=O)[C@@H](NC(=O)[C@H](C(C)C)N(C)C(C)C)C(C)C. The Hall–Kier alpha value is -3.35. The fraction of sp³-hybridized carbons (Fsp3) is 0.705. The van der Waals surface area contributed by atoms with Crippen LogP contribution in [0.4, 0.5) is 0 Å². The van der Waals surface area contributed by atoms with Gasteiger partial charge in [-0.1, -0.05) is 92.1 Å². The van der Waals surface area contributed by atoms with Crippen molar-refractivity contribution in [3.8, 4) is 0 Å². The highest BCUT2D eigenvalue weighted by atomic mass is 32.1. The third kappa shape index (κ3) is 12.1. The van der Waals surface area contributed by atoms with Crippen molar-refractivity contribution in [2.75, 3.05) is 27.7 Å². The van der Waals surface area contributed by atoms with Crippen molar-refractivity contribution >= 4 is 35.0 Å². The molecule has 12 heteroatoms. The second kappa shape index (κ2) is 22.0. The molecule has 2 N–H and O–H groups in total. The van der Waals surface area contributed by atoms with Gasteiger partial charge in [0.05, 0.1) is 30.7 Å². The number of likely N-dealkylation sites (tertiary alicyclic amines) is 1. The van der Waals surface area contributed by atoms with Crippen LogP contribution < -0.4 is 10.6 Å². The fourth-order valence-corrected chi connectivity index (χ4v) is 8.94. The van der Waals surface area contributed by atoms with Crippen LogP contribution in [0.15, 0.2) is 41.9 Å². The van der Waals surface area contributed by atoms with Crippen LogP contribution >= 0.6 is 11.3 Å². The summed E-state index contributed by atoms with van der Waals surface area (Å²) in [4.78, 5) is 66.5. The molecule has 3 rings (SSSR count). The van der Waals surface area contributed by atoms with Crippen LogP contribution in [0.2, 0.25) is 0 Å². The van der Waals surface area contributed by atoms with Crippen molar-refractivity contribution in [1.29, 1.82) is 0 Å². The van der Waals surface area contributed by atoms with E-state index in [0.29, 0.717) is 13.0 Å². The number of carbonyl (C=O) groups excluding carboxylic acids is 4. The minimum Gasteiger partial charge on any atom is -0.379 e. The number of carbonyl (C=O) groups is 4. The van der Waals surface area contributed by atoms with E-state index in [0.717, 1.165) is 29.8 Å². The van der Waals surface area contributed by atoms with E-state index in [9.17, 15) is 19.2 Å². The molecule has 1 aromatic heterocycles. The average molecular weight is 797 g/mol. The molecular weight excluding hydrogens is 725 g/mol. The number of nitrogens with one attached hydrogen (secondary N) is 2. The van der Waals surface area contributed by atoms with Crippen molar-refractivity contribution < 1.29 is 23.9 Å². The number of thiazole rings is 1. The molecule has 4 amide bonds. The lowest BCUT2D eigenvalue weighted by atomic mass is 9.86. The molecule has 1 unspecified atom stereocenters. The maximum absolute atomic E-state index is 14.4. The zero-order chi connectivity index (χ0) is 41.9. The van der Waals surface area contributed by atoms with Crippen molar-refractivity contribution in [3.63, 3.8) is 0 Å². The van der Waals surface area contributed by atoms with Crippen molar-refractivity contribution in [2.24, 2.45) is 29.6 Å². The summed E-state index contributed by atoms with van der Waals surface area (Å²) >= 11 is 1.53. The van der Waals surface area contributed by atoms with E-state index in [1.807, 2.05) is 75.0 Å². The van der Waals surface area contributed by atoms with Gasteiger partial charge in [-0.2, -0.15) is 0 Å². The van der Waals surface area contributed by atoms with Crippen LogP contribution in [-0.2, 0) is 30.3 Å². The highest BCUT2D eigenvalue weighted by Gasteiger charge is 2.42. The highest BCUT2D eigenvalue weighted by Crippen LogP contribution is 2.32. The lowest BCUT2D eigenvalue weighted by molar-refractivity contribution is -0.147. The molecule has 56 heavy (non-hydrogen) atoms. The summed E-state index contributed by atoms with van der Waals surface area (Å²) in [6, 6.07) is 8.37. The fourth-order valence-electron chi connectivity index (χ4n) is 8.25. The molecule has 1 fully saturated rings. The zero-order valence-electron chi connectivity index (χ0n) is 36.5. The predicted molar refractivity (Wildman–Crippen MR) is 226 cm³/mol. The number of nitrogens with zero attached hydrogens (tertiary/aromatic N) is 4. The number of hydrogen-bond acceptors (Lipinski definition) is 8. The van der Waals surface area contributed by atoms with Crippen LogP contribution in [-0.4, -0.2) is 107 Å². The van der Waals surface area contributed by atoms with Crippen LogP contribution in [0.1, 0.15) is 112 Å². The molecule has 0 aliphatic carbocycles. The molecule has 0 saturated carbocycles. The van der Waals surface area contributed by atoms with Crippen LogP contribution in [0.25, 0.3) is 0 Å². The second-order valence-electron chi connectivity index (χ2n) is 17.0. The Balaban J connectivity index is 1.77. The van der Waals surface area contributed by atoms with E-state index < -0.39 is 18.2 Å². The van der Waals surface area contributed by atoms with Gasteiger partial charge in [-0.3, -0.25) is 24.1 Å². The lowest BCUT2D eigenvalue weighted by Crippen LogP contribution is -2.60. The number of amides is 4. The minimum atomic E-state index is -0.742. The van der Waals surface area contributed by atoms with Gasteiger partial charge >= 0.3 is 0 Å². The number of aromatic nitrogens is 1. The molecule has 1 saturated heterocycles. The molecule has 0 spiro atoms. The number of ether oxygens (including phenoxy) is 1. The monoisotopic (exact) mass is 797 g/mol. The van der Waals surface area contributed by atoms with Gasteiger partial charge in [0, 0.05) is 50.3 Å². The van der Waals surface area contributed by atoms with E-state index in [1.54, 1.807) is 25.3 Å². The molecule has 2 heterocycles. The Morgan fingerprint density at radius 3 is 2.14 bits per heavy atom. The first-order chi connectivity index (χ1) is 26.4. The molecule has 11 nitrogen and oxygen atoms in total. The molecule has 0 bridgehead atoms. The topological polar surface area (TPSA) is 124 Å². The largest absolute Gasteiger partial charge is 0.379 e. The minimum absolute atomic E-state index is 0.0133. The number of methoxy groups -OCH3 is 1. The van der Waals surface area contributed by atoms with Crippen LogP contribution in [0.3, 0.4) is 0 Å². The van der Waals surface area contributed by atoms with Gasteiger partial charge in [0.1, 0.15) is 11.0 Å². The first kappa shape index (κ1) is 47.0. The Kier molecular flexibility index (Phi) is 18.5. The number of likely N-dealkylation sites (N-methyl/N-ethyl adjacent to an activating group) is 2. The van der Waals surface area contributed by atoms with Gasteiger partial charge in [0.2, 0.25) is 23.6 Å². The standard InChI is InChI=1S/C44H72N6O5S/c1-14-30(8)40(49(12)44(54)38(27(2)3)47-42(53)39(28(4)5)48(11)29(6)7)36(55-13)26-37(51)50-23-18-21-35(50)31(9)32(10)41(52)46-34(43-45-22-24-56-43)25-33-19-16-15-17-20-33/h15-17,19-20,22,24,27-32,34-36,38-40H,14,18,21,23,25-26H2,1-13H3,(H,46,52)(H,47,53)/t30-,31?,32+,34-,35-,36+,38-,39-,40-/m0/s1. The van der Waals surface area contributed by atoms with Crippen molar-refractivity contribution in [3.05, 3.63) is 52.5 Å². The van der Waals surface area contributed by atoms with Gasteiger partial charge in [0.15, 0.2) is 0 Å². The summed E-state index contributed by atoms with van der Waals surface area (Å²) in [6.07, 6.45) is 4.37. The molecule has 314 valence electrons. The second-order valence-corrected chi connectivity index (χ2v) is 18.0. The maximum Gasteiger partial charge on any atom is 0.245 e. The summed E-state index contributed by atoms with van der Waals surface area (Å²) in [6.45, 7) is 20.8. The molecule has 2 aromatic rings. The number of benzene rings is 1. The first-order valence-electron chi connectivity index (χ1n) is 20.8. The van der Waals surface area contributed by atoms with E-state index in [4.69, 9.17) is 4.74 Å². The molecule has 1 aromatic carbocycles. The van der Waals surface area contributed by atoms with E-state index in [2.05, 4.69) is 62.4 Å². The third-order valence-electron chi connectivity index (χ3n) is 12.2. The summed E-state index contributed by atoms with van der Waals surface area (Å²) in [5, 5.41) is 9.19. The summed E-state index contributed by atoms with van der Waals surface area (Å²) in [5.41, 5.74) is 1.12. The number of hydrogen-bond donors (Lipinski definition) is 2. The van der Waals surface area contributed by atoms with Crippen LogP contribution in [0, 0.1) is 29.6 Å². The molecule has 9 atom stereocenters. The van der Waals surface area contributed by atoms with Gasteiger partial charge in [0.25, 0.3) is 0 Å². The Morgan fingerprint density at radius 1 is 0.946 bits per heavy atom. The summed E-state index contributed by atoms with van der Waals surface area (Å²) in [7, 11) is 5.32. The quantitative estimate of drug-likeness (QED) is 0.146. The maximum atomic E-state index is 14.4. The Bertz CT molecular complexity index is 1520. The van der Waals surface area contributed by atoms with Gasteiger partial charge in [-0.05, 0) is 69.4 Å². The molecule has 1 aliphatic heterocycles. The number of rotatable bonds is 21. The van der Waals surface area contributed by atoms with Crippen LogP contribution in [0.5, 0.6) is 0 Å². The van der Waals surface area contributed by atoms with E-state index in [-0.39, 0.29) is 83.8 Å². The average Bonchev–Trinajstić information content (AvgIpc) is 3.89. The predicted octanol–water partition coefficient (Wildman–Crippen LogP) is 6.59. The normalized spacial score (nSPS) is 19.0. The van der Waals surface area contributed by atoms with Gasteiger partial charge in [-0.15, -0.1) is 11.3 Å². The van der Waals surface area contributed by atoms with Gasteiger partial charge < -0.3 is 25.2 Å². The van der Waals surface area contributed by atoms with Crippen molar-refractivity contribution in [1.82, 2.24) is 30.3 Å². The van der Waals surface area contributed by atoms with E-state index in [1.165, 1.54) is 11.3 Å². The summed E-state index contributed by atoms with van der Waals surface area (Å²) < 4.78 is 6.09. The van der Waals surface area contributed by atoms with E-state index >= 15 is 0 Å². The van der Waals surface area contributed by atoms with Gasteiger partial charge in [-0.25, -0.2) is 4.98 Å². The zero-order valence-corrected chi connectivity index (χ0v) is 37.3. The Labute approximate surface area is 341 Å².